The van der Waals surface area contributed by atoms with Gasteiger partial charge in [0.2, 0.25) is 0 Å². The number of amides is 2. The van der Waals surface area contributed by atoms with E-state index in [-0.39, 0.29) is 27.0 Å². The number of benzene rings is 1. The third-order valence-electron chi connectivity index (χ3n) is 5.17. The first-order valence-electron chi connectivity index (χ1n) is 9.61. The van der Waals surface area contributed by atoms with Crippen LogP contribution in [0.25, 0.3) is 0 Å². The molecule has 13 nitrogen and oxygen atoms in total. The molecule has 1 aromatic heterocycles. The number of phenols is 2. The molecule has 2 amide bonds. The van der Waals surface area contributed by atoms with Gasteiger partial charge in [-0.2, -0.15) is 0 Å². The van der Waals surface area contributed by atoms with Crippen molar-refractivity contribution in [2.24, 2.45) is 0 Å². The molecular formula is C19H16N4O9S3. The molecule has 2 aromatic rings. The topological polar surface area (TPSA) is 217 Å². The number of nitrogens with zero attached hydrogens (tertiary/aromatic N) is 2. The van der Waals surface area contributed by atoms with Gasteiger partial charge >= 0.3 is 5.97 Å². The van der Waals surface area contributed by atoms with Crippen LogP contribution in [0.15, 0.2) is 39.7 Å². The van der Waals surface area contributed by atoms with Crippen molar-refractivity contribution in [1.29, 1.82) is 0 Å². The van der Waals surface area contributed by atoms with E-state index in [2.05, 4.69) is 10.3 Å². The number of aromatic hydroxyl groups is 2. The van der Waals surface area contributed by atoms with Gasteiger partial charge in [-0.15, -0.1) is 23.1 Å². The molecule has 1 fully saturated rings. The highest BCUT2D eigenvalue weighted by Crippen LogP contribution is 2.41. The van der Waals surface area contributed by atoms with Crippen molar-refractivity contribution in [2.45, 2.75) is 16.3 Å². The van der Waals surface area contributed by atoms with Crippen LogP contribution in [-0.4, -0.2) is 80.1 Å². The fraction of sp³-hybridized carbons (Fsp3) is 0.211. The van der Waals surface area contributed by atoms with Gasteiger partial charge in [0.15, 0.2) is 26.5 Å². The lowest BCUT2D eigenvalue weighted by atomic mass is 10.0. The van der Waals surface area contributed by atoms with E-state index in [1.54, 1.807) is 0 Å². The van der Waals surface area contributed by atoms with E-state index < -0.39 is 67.8 Å². The number of β-lactam (4-membered cyclic amide) rings is 1. The molecule has 1 saturated heterocycles. The highest BCUT2D eigenvalue weighted by atomic mass is 32.2. The number of fused-ring (bicyclic) bond motifs is 1. The molecule has 3 heterocycles. The van der Waals surface area contributed by atoms with Gasteiger partial charge < -0.3 is 26.4 Å². The normalized spacial score (nSPS) is 19.7. The molecule has 35 heavy (non-hydrogen) atoms. The zero-order valence-corrected chi connectivity index (χ0v) is 19.8. The van der Waals surface area contributed by atoms with E-state index in [1.807, 2.05) is 0 Å². The Bertz CT molecular complexity index is 1420. The molecule has 0 aliphatic carbocycles. The van der Waals surface area contributed by atoms with Crippen LogP contribution in [0.4, 0.5) is 5.13 Å². The zero-order valence-electron chi connectivity index (χ0n) is 17.4. The summed E-state index contributed by atoms with van der Waals surface area (Å²) in [4.78, 5) is 53.4. The number of nitrogens with one attached hydrogen (secondary N) is 1. The Morgan fingerprint density at radius 3 is 2.54 bits per heavy atom. The molecule has 2 aliphatic heterocycles. The molecule has 4 rings (SSSR count). The van der Waals surface area contributed by atoms with Crippen molar-refractivity contribution in [1.82, 2.24) is 15.2 Å². The molecule has 0 spiro atoms. The molecule has 16 heteroatoms. The Morgan fingerprint density at radius 2 is 1.94 bits per heavy atom. The summed E-state index contributed by atoms with van der Waals surface area (Å²) in [5.74, 6) is -6.54. The summed E-state index contributed by atoms with van der Waals surface area (Å²) in [5, 5.41) is 31.5. The van der Waals surface area contributed by atoms with E-state index in [4.69, 9.17) is 5.73 Å². The molecule has 0 radical (unpaired) electrons. The Morgan fingerprint density at radius 1 is 1.23 bits per heavy atom. The number of hydrogen-bond acceptors (Lipinski definition) is 12. The third-order valence-corrected chi connectivity index (χ3v) is 8.88. The molecule has 184 valence electrons. The number of carbonyl (C=O) groups excluding carboxylic acids is 3. The highest BCUT2D eigenvalue weighted by molar-refractivity contribution is 8.00. The first kappa shape index (κ1) is 24.5. The number of thioether (sulfide) groups is 1. The molecule has 0 saturated carbocycles. The number of phenolic OH excluding ortho intramolecular Hbond substituents is 2. The smallest absolute Gasteiger partial charge is 0.352 e. The Kier molecular flexibility index (Phi) is 6.20. The largest absolute Gasteiger partial charge is 0.504 e. The summed E-state index contributed by atoms with van der Waals surface area (Å²) in [6.45, 7) is 0. The first-order valence-corrected chi connectivity index (χ1v) is 13.2. The Hall–Kier alpha value is -3.63. The number of aliphatic carboxylic acids is 1. The van der Waals surface area contributed by atoms with E-state index >= 15 is 0 Å². The van der Waals surface area contributed by atoms with Gasteiger partial charge in [-0.3, -0.25) is 19.3 Å². The number of ketones is 1. The number of hydrogen-bond donors (Lipinski definition) is 5. The highest BCUT2D eigenvalue weighted by Gasteiger charge is 2.54. The number of nitrogen functional groups attached to an aromatic ring is 1. The van der Waals surface area contributed by atoms with Gasteiger partial charge in [-0.05, 0) is 17.7 Å². The lowest BCUT2D eigenvalue weighted by Crippen LogP contribution is -2.71. The Balaban J connectivity index is 1.54. The van der Waals surface area contributed by atoms with Crippen LogP contribution in [0.5, 0.6) is 11.5 Å². The number of sulfone groups is 1. The number of carboxylic acid groups (broad SMARTS) is 1. The van der Waals surface area contributed by atoms with Gasteiger partial charge in [0.05, 0.1) is 10.6 Å². The van der Waals surface area contributed by atoms with Crippen molar-refractivity contribution in [3.8, 4) is 11.5 Å². The van der Waals surface area contributed by atoms with Gasteiger partial charge in [0.1, 0.15) is 22.8 Å². The summed E-state index contributed by atoms with van der Waals surface area (Å²) >= 11 is 1.97. The second-order valence-corrected chi connectivity index (χ2v) is 11.4. The van der Waals surface area contributed by atoms with Gasteiger partial charge in [-0.25, -0.2) is 18.2 Å². The molecule has 1 aromatic carbocycles. The molecular weight excluding hydrogens is 524 g/mol. The third kappa shape index (κ3) is 4.42. The van der Waals surface area contributed by atoms with Crippen LogP contribution in [-0.2, 0) is 24.2 Å². The zero-order chi connectivity index (χ0) is 25.7. The number of aromatic nitrogens is 1. The first-order chi connectivity index (χ1) is 16.4. The molecule has 2 atom stereocenters. The van der Waals surface area contributed by atoms with Gasteiger partial charge in [0.25, 0.3) is 17.6 Å². The average molecular weight is 541 g/mol. The van der Waals surface area contributed by atoms with E-state index in [0.717, 1.165) is 46.2 Å². The van der Waals surface area contributed by atoms with Gasteiger partial charge in [-0.1, -0.05) is 0 Å². The fourth-order valence-electron chi connectivity index (χ4n) is 3.52. The van der Waals surface area contributed by atoms with Crippen molar-refractivity contribution in [3.63, 3.8) is 0 Å². The minimum atomic E-state index is -4.15. The van der Waals surface area contributed by atoms with Gasteiger partial charge in [0, 0.05) is 17.2 Å². The van der Waals surface area contributed by atoms with E-state index in [0.29, 0.717) is 0 Å². The SMILES string of the molecule is Nc1nc(C(=O)C(=O)N[C@@H]2C(=O)N3C(C(=O)O)=C(CS(=O)(=O)c4ccc(O)c(O)c4)CS[C@H]23)cs1. The van der Waals surface area contributed by atoms with Crippen molar-refractivity contribution in [2.75, 3.05) is 17.2 Å². The van der Waals surface area contributed by atoms with Crippen molar-refractivity contribution >= 4 is 61.6 Å². The molecule has 0 unspecified atom stereocenters. The average Bonchev–Trinajstić information content (AvgIpc) is 3.23. The monoisotopic (exact) mass is 540 g/mol. The van der Waals surface area contributed by atoms with Crippen LogP contribution >= 0.6 is 23.1 Å². The van der Waals surface area contributed by atoms with Crippen molar-refractivity contribution in [3.05, 3.63) is 40.5 Å². The number of carbonyl (C=O) groups is 4. The summed E-state index contributed by atoms with van der Waals surface area (Å²) < 4.78 is 25.6. The summed E-state index contributed by atoms with van der Waals surface area (Å²) in [7, 11) is -4.15. The maximum atomic E-state index is 12.8. The van der Waals surface area contributed by atoms with Crippen molar-refractivity contribution < 1.29 is 42.9 Å². The second-order valence-electron chi connectivity index (χ2n) is 7.43. The number of carboxylic acids is 1. The Labute approximate surface area is 205 Å². The predicted molar refractivity (Wildman–Crippen MR) is 122 cm³/mol. The minimum absolute atomic E-state index is 0.0709. The fourth-order valence-corrected chi connectivity index (χ4v) is 6.97. The quantitative estimate of drug-likeness (QED) is 0.130. The molecule has 0 bridgehead atoms. The maximum absolute atomic E-state index is 12.8. The molecule has 2 aliphatic rings. The lowest BCUT2D eigenvalue weighted by molar-refractivity contribution is -0.150. The molecule has 6 N–H and O–H groups in total. The van der Waals surface area contributed by atoms with E-state index in [1.165, 1.54) is 5.38 Å². The summed E-state index contributed by atoms with van der Waals surface area (Å²) in [5.41, 5.74) is 4.65. The maximum Gasteiger partial charge on any atom is 0.352 e. The number of thiazole rings is 1. The minimum Gasteiger partial charge on any atom is -0.504 e. The number of Topliss-reactive ketones (excluding diaryl/α,β-unsaturated/α-hetero) is 1. The van der Waals surface area contributed by atoms with Crippen LogP contribution in [0.3, 0.4) is 0 Å². The lowest BCUT2D eigenvalue weighted by Gasteiger charge is -2.49. The number of rotatable bonds is 7. The van der Waals surface area contributed by atoms with Crippen LogP contribution in [0.1, 0.15) is 10.5 Å². The number of nitrogens with two attached hydrogens (primary N) is 1. The standard InChI is InChI=1S/C19H16N4O9S3/c20-19-21-9(5-34-19)14(26)15(27)22-12-16(28)23-13(18(29)30)7(4-33-17(12)23)6-35(31,32)8-1-2-10(24)11(25)3-8/h1-3,5,12,17,24-25H,4,6H2,(H2,20,21)(H,22,27)(H,29,30)/t12-,17-/m1/s1. The van der Waals surface area contributed by atoms with Crippen LogP contribution < -0.4 is 11.1 Å². The summed E-state index contributed by atoms with van der Waals surface area (Å²) in [6.07, 6.45) is 0. The van der Waals surface area contributed by atoms with E-state index in [9.17, 15) is 42.9 Å². The van der Waals surface area contributed by atoms with Crippen LogP contribution in [0.2, 0.25) is 0 Å². The number of anilines is 1. The summed E-state index contributed by atoms with van der Waals surface area (Å²) in [6, 6.07) is 1.66. The predicted octanol–water partition coefficient (Wildman–Crippen LogP) is -0.468. The second kappa shape index (κ2) is 8.86. The van der Waals surface area contributed by atoms with Crippen LogP contribution in [0, 0.1) is 0 Å².